The van der Waals surface area contributed by atoms with Gasteiger partial charge in [0.05, 0.1) is 13.2 Å². The number of morpholine rings is 1. The molecule has 20 heavy (non-hydrogen) atoms. The van der Waals surface area contributed by atoms with Crippen molar-refractivity contribution in [1.82, 2.24) is 15.0 Å². The molecule has 0 bridgehead atoms. The first-order valence-electron chi connectivity index (χ1n) is 7.26. The van der Waals surface area contributed by atoms with Gasteiger partial charge in [-0.05, 0) is 20.3 Å². The van der Waals surface area contributed by atoms with Crippen molar-refractivity contribution in [2.24, 2.45) is 0 Å². The topological polar surface area (TPSA) is 80.4 Å². The minimum atomic E-state index is 0.276. The van der Waals surface area contributed by atoms with Crippen molar-refractivity contribution in [3.8, 4) is 0 Å². The molecule has 1 unspecified atom stereocenters. The zero-order chi connectivity index (χ0) is 14.5. The Morgan fingerprint density at radius 2 is 1.95 bits per heavy atom. The number of ether oxygens (including phenoxy) is 1. The highest BCUT2D eigenvalue weighted by molar-refractivity contribution is 5.44. The van der Waals surface area contributed by atoms with E-state index in [9.17, 15) is 0 Å². The summed E-state index contributed by atoms with van der Waals surface area (Å²) < 4.78 is 5.35. The predicted molar refractivity (Wildman–Crippen MR) is 80.0 cm³/mol. The molecule has 2 rings (SSSR count). The number of rotatable bonds is 5. The molecular formula is C13H24N6O. The van der Waals surface area contributed by atoms with Gasteiger partial charge >= 0.3 is 0 Å². The molecule has 0 spiro atoms. The SMILES string of the molecule is CCC(C)N(CC)c1nc(N)nc(N2CCOCC2)n1. The number of aromatic nitrogens is 3. The van der Waals surface area contributed by atoms with Crippen molar-refractivity contribution in [2.75, 3.05) is 48.4 Å². The van der Waals surface area contributed by atoms with E-state index in [1.807, 2.05) is 0 Å². The van der Waals surface area contributed by atoms with Gasteiger partial charge in [-0.3, -0.25) is 0 Å². The monoisotopic (exact) mass is 280 g/mol. The van der Waals surface area contributed by atoms with Crippen molar-refractivity contribution < 1.29 is 4.74 Å². The van der Waals surface area contributed by atoms with Crippen LogP contribution in [0.3, 0.4) is 0 Å². The van der Waals surface area contributed by atoms with Gasteiger partial charge in [0.2, 0.25) is 17.8 Å². The Kier molecular flexibility index (Phi) is 4.94. The summed E-state index contributed by atoms with van der Waals surface area (Å²) >= 11 is 0. The zero-order valence-corrected chi connectivity index (χ0v) is 12.5. The third kappa shape index (κ3) is 3.27. The lowest BCUT2D eigenvalue weighted by Crippen LogP contribution is -2.39. The van der Waals surface area contributed by atoms with Gasteiger partial charge in [0.1, 0.15) is 0 Å². The fraction of sp³-hybridized carbons (Fsp3) is 0.769. The van der Waals surface area contributed by atoms with E-state index in [0.29, 0.717) is 31.2 Å². The normalized spacial score (nSPS) is 17.1. The summed E-state index contributed by atoms with van der Waals surface area (Å²) in [4.78, 5) is 17.4. The van der Waals surface area contributed by atoms with Crippen LogP contribution in [-0.4, -0.2) is 53.8 Å². The predicted octanol–water partition coefficient (Wildman–Crippen LogP) is 0.915. The van der Waals surface area contributed by atoms with Crippen molar-refractivity contribution in [1.29, 1.82) is 0 Å². The maximum absolute atomic E-state index is 5.85. The van der Waals surface area contributed by atoms with Gasteiger partial charge in [0.15, 0.2) is 0 Å². The van der Waals surface area contributed by atoms with Crippen LogP contribution < -0.4 is 15.5 Å². The Balaban J connectivity index is 2.27. The van der Waals surface area contributed by atoms with E-state index in [2.05, 4.69) is 45.5 Å². The van der Waals surface area contributed by atoms with Crippen LogP contribution in [0.4, 0.5) is 17.8 Å². The fourth-order valence-electron chi connectivity index (χ4n) is 2.27. The first-order chi connectivity index (χ1) is 9.65. The van der Waals surface area contributed by atoms with Gasteiger partial charge in [-0.2, -0.15) is 15.0 Å². The lowest BCUT2D eigenvalue weighted by molar-refractivity contribution is 0.122. The number of hydrogen-bond donors (Lipinski definition) is 1. The molecule has 1 fully saturated rings. The summed E-state index contributed by atoms with van der Waals surface area (Å²) in [5, 5.41) is 0. The second-order valence-electron chi connectivity index (χ2n) is 4.94. The lowest BCUT2D eigenvalue weighted by Gasteiger charge is -2.30. The van der Waals surface area contributed by atoms with Crippen molar-refractivity contribution >= 4 is 17.8 Å². The van der Waals surface area contributed by atoms with Gasteiger partial charge < -0.3 is 20.3 Å². The number of nitrogen functional groups attached to an aromatic ring is 1. The van der Waals surface area contributed by atoms with Gasteiger partial charge in [-0.25, -0.2) is 0 Å². The summed E-state index contributed by atoms with van der Waals surface area (Å²) in [6.45, 7) is 10.2. The quantitative estimate of drug-likeness (QED) is 0.858. The molecular weight excluding hydrogens is 256 g/mol. The third-order valence-electron chi connectivity index (χ3n) is 3.64. The Hall–Kier alpha value is -1.63. The highest BCUT2D eigenvalue weighted by Gasteiger charge is 2.19. The molecule has 1 aliphatic rings. The molecule has 1 aliphatic heterocycles. The van der Waals surface area contributed by atoms with E-state index in [-0.39, 0.29) is 5.95 Å². The van der Waals surface area contributed by atoms with Crippen LogP contribution in [-0.2, 0) is 4.74 Å². The molecule has 7 heteroatoms. The first-order valence-corrected chi connectivity index (χ1v) is 7.26. The van der Waals surface area contributed by atoms with E-state index >= 15 is 0 Å². The second-order valence-corrected chi connectivity index (χ2v) is 4.94. The largest absolute Gasteiger partial charge is 0.378 e. The van der Waals surface area contributed by atoms with Crippen LogP contribution in [0.1, 0.15) is 27.2 Å². The standard InChI is InChI=1S/C13H24N6O/c1-4-10(3)19(5-2)13-16-11(14)15-12(17-13)18-6-8-20-9-7-18/h10H,4-9H2,1-3H3,(H2,14,15,16,17). The van der Waals surface area contributed by atoms with Crippen LogP contribution in [0.2, 0.25) is 0 Å². The first kappa shape index (κ1) is 14.8. The second kappa shape index (κ2) is 6.69. The van der Waals surface area contributed by atoms with Gasteiger partial charge in [-0.15, -0.1) is 0 Å². The average Bonchev–Trinajstić information content (AvgIpc) is 2.48. The minimum absolute atomic E-state index is 0.276. The minimum Gasteiger partial charge on any atom is -0.378 e. The maximum atomic E-state index is 5.85. The molecule has 1 aromatic rings. The Morgan fingerprint density at radius 1 is 1.25 bits per heavy atom. The van der Waals surface area contributed by atoms with Gasteiger partial charge in [0.25, 0.3) is 0 Å². The molecule has 1 aromatic heterocycles. The van der Waals surface area contributed by atoms with Crippen molar-refractivity contribution in [3.63, 3.8) is 0 Å². The number of nitrogens with zero attached hydrogens (tertiary/aromatic N) is 5. The van der Waals surface area contributed by atoms with E-state index < -0.39 is 0 Å². The van der Waals surface area contributed by atoms with Crippen LogP contribution >= 0.6 is 0 Å². The van der Waals surface area contributed by atoms with Crippen LogP contribution in [0.5, 0.6) is 0 Å². The Labute approximate surface area is 120 Å². The average molecular weight is 280 g/mol. The molecule has 1 saturated heterocycles. The molecule has 2 N–H and O–H groups in total. The number of hydrogen-bond acceptors (Lipinski definition) is 7. The molecule has 1 atom stereocenters. The molecule has 0 aliphatic carbocycles. The summed E-state index contributed by atoms with van der Waals surface area (Å²) in [6.07, 6.45) is 1.03. The summed E-state index contributed by atoms with van der Waals surface area (Å²) in [5.41, 5.74) is 5.85. The molecule has 2 heterocycles. The van der Waals surface area contributed by atoms with Crippen LogP contribution in [0.15, 0.2) is 0 Å². The smallest absolute Gasteiger partial charge is 0.232 e. The molecule has 0 saturated carbocycles. The highest BCUT2D eigenvalue weighted by Crippen LogP contribution is 2.18. The van der Waals surface area contributed by atoms with E-state index in [1.165, 1.54) is 0 Å². The molecule has 0 amide bonds. The summed E-state index contributed by atoms with van der Waals surface area (Å²) in [7, 11) is 0. The van der Waals surface area contributed by atoms with Gasteiger partial charge in [-0.1, -0.05) is 6.92 Å². The Morgan fingerprint density at radius 3 is 2.55 bits per heavy atom. The number of anilines is 3. The number of nitrogens with two attached hydrogens (primary N) is 1. The lowest BCUT2D eigenvalue weighted by atomic mass is 10.2. The molecule has 0 aromatic carbocycles. The summed E-state index contributed by atoms with van der Waals surface area (Å²) in [6, 6.07) is 0.374. The Bertz CT molecular complexity index is 435. The van der Waals surface area contributed by atoms with Crippen LogP contribution in [0.25, 0.3) is 0 Å². The zero-order valence-electron chi connectivity index (χ0n) is 12.5. The molecule has 112 valence electrons. The van der Waals surface area contributed by atoms with E-state index in [0.717, 1.165) is 26.1 Å². The van der Waals surface area contributed by atoms with Crippen molar-refractivity contribution in [3.05, 3.63) is 0 Å². The van der Waals surface area contributed by atoms with Crippen LogP contribution in [0, 0.1) is 0 Å². The van der Waals surface area contributed by atoms with Crippen molar-refractivity contribution in [2.45, 2.75) is 33.2 Å². The van der Waals surface area contributed by atoms with E-state index in [4.69, 9.17) is 10.5 Å². The third-order valence-corrected chi connectivity index (χ3v) is 3.64. The van der Waals surface area contributed by atoms with E-state index in [1.54, 1.807) is 0 Å². The highest BCUT2D eigenvalue weighted by atomic mass is 16.5. The maximum Gasteiger partial charge on any atom is 0.232 e. The molecule has 0 radical (unpaired) electrons. The van der Waals surface area contributed by atoms with Gasteiger partial charge in [0, 0.05) is 25.7 Å². The summed E-state index contributed by atoms with van der Waals surface area (Å²) in [5.74, 6) is 1.59. The fourth-order valence-corrected chi connectivity index (χ4v) is 2.27. The molecule has 7 nitrogen and oxygen atoms in total.